The lowest BCUT2D eigenvalue weighted by atomic mass is 9.93. The van der Waals surface area contributed by atoms with Crippen molar-refractivity contribution in [2.75, 3.05) is 13.6 Å². The molecule has 1 atom stereocenters. The third-order valence-corrected chi connectivity index (χ3v) is 4.11. The van der Waals surface area contributed by atoms with Crippen LogP contribution in [0.1, 0.15) is 36.9 Å². The van der Waals surface area contributed by atoms with Crippen molar-refractivity contribution in [2.24, 2.45) is 11.8 Å². The van der Waals surface area contributed by atoms with Crippen molar-refractivity contribution < 1.29 is 0 Å². The smallest absolute Gasteiger partial charge is 0.00514 e. The van der Waals surface area contributed by atoms with E-state index in [1.165, 1.54) is 24.1 Å². The summed E-state index contributed by atoms with van der Waals surface area (Å²) in [6.45, 7) is 8.00. The lowest BCUT2D eigenvalue weighted by molar-refractivity contribution is 0.397. The van der Waals surface area contributed by atoms with E-state index in [0.717, 1.165) is 18.4 Å². The Labute approximate surface area is 104 Å². The normalized spacial score (nSPS) is 13.3. The van der Waals surface area contributed by atoms with Gasteiger partial charge in [-0.05, 0) is 56.8 Å². The number of thiophene rings is 1. The average molecular weight is 239 g/mol. The minimum absolute atomic E-state index is 0.786. The average Bonchev–Trinajstić information content (AvgIpc) is 2.65. The Morgan fingerprint density at radius 1 is 1.25 bits per heavy atom. The highest BCUT2D eigenvalue weighted by Crippen LogP contribution is 2.23. The predicted molar refractivity (Wildman–Crippen MR) is 74.3 cm³/mol. The maximum absolute atomic E-state index is 3.32. The van der Waals surface area contributed by atoms with Crippen LogP contribution in [0.4, 0.5) is 0 Å². The van der Waals surface area contributed by atoms with Crippen molar-refractivity contribution in [3.8, 4) is 0 Å². The molecule has 1 unspecified atom stereocenters. The van der Waals surface area contributed by atoms with Gasteiger partial charge in [0, 0.05) is 9.75 Å². The molecule has 0 aliphatic heterocycles. The fourth-order valence-electron chi connectivity index (χ4n) is 2.20. The molecule has 1 rings (SSSR count). The van der Waals surface area contributed by atoms with Crippen molar-refractivity contribution in [3.63, 3.8) is 0 Å². The van der Waals surface area contributed by atoms with Crippen LogP contribution in [0.3, 0.4) is 0 Å². The predicted octanol–water partition coefficient (Wildman–Crippen LogP) is 3.73. The summed E-state index contributed by atoms with van der Waals surface area (Å²) in [6, 6.07) is 4.60. The Balaban J connectivity index is 2.52. The zero-order valence-electron chi connectivity index (χ0n) is 11.0. The molecule has 0 saturated carbocycles. The molecule has 0 amide bonds. The van der Waals surface area contributed by atoms with Crippen molar-refractivity contribution in [1.29, 1.82) is 0 Å². The van der Waals surface area contributed by atoms with Gasteiger partial charge in [-0.1, -0.05) is 20.8 Å². The number of aryl methyl sites for hydroxylation is 1. The quantitative estimate of drug-likeness (QED) is 0.764. The van der Waals surface area contributed by atoms with Crippen LogP contribution in [0.15, 0.2) is 12.1 Å². The Morgan fingerprint density at radius 3 is 2.44 bits per heavy atom. The summed E-state index contributed by atoms with van der Waals surface area (Å²) in [5.74, 6) is 1.58. The van der Waals surface area contributed by atoms with Gasteiger partial charge in [-0.3, -0.25) is 0 Å². The van der Waals surface area contributed by atoms with Gasteiger partial charge in [0.05, 0.1) is 0 Å². The van der Waals surface area contributed by atoms with Gasteiger partial charge >= 0.3 is 0 Å². The number of nitrogens with one attached hydrogen (secondary N) is 1. The molecule has 1 aromatic heterocycles. The second-order valence-electron chi connectivity index (χ2n) is 4.98. The van der Waals surface area contributed by atoms with Crippen LogP contribution in [0.2, 0.25) is 0 Å². The molecule has 0 bridgehead atoms. The first kappa shape index (κ1) is 13.7. The van der Waals surface area contributed by atoms with E-state index in [9.17, 15) is 0 Å². The molecule has 92 valence electrons. The van der Waals surface area contributed by atoms with Gasteiger partial charge in [0.15, 0.2) is 0 Å². The van der Waals surface area contributed by atoms with E-state index < -0.39 is 0 Å². The fourth-order valence-corrected chi connectivity index (χ4v) is 3.27. The van der Waals surface area contributed by atoms with E-state index in [1.54, 1.807) is 4.88 Å². The molecule has 1 nitrogen and oxygen atoms in total. The number of hydrogen-bond donors (Lipinski definition) is 1. The lowest BCUT2D eigenvalue weighted by Gasteiger charge is -2.17. The summed E-state index contributed by atoms with van der Waals surface area (Å²) in [4.78, 5) is 3.07. The van der Waals surface area contributed by atoms with E-state index in [1.807, 2.05) is 11.3 Å². The van der Waals surface area contributed by atoms with E-state index >= 15 is 0 Å². The van der Waals surface area contributed by atoms with Gasteiger partial charge in [-0.15, -0.1) is 11.3 Å². The minimum Gasteiger partial charge on any atom is -0.319 e. The first-order valence-electron chi connectivity index (χ1n) is 6.37. The monoisotopic (exact) mass is 239 g/mol. The molecule has 0 saturated heterocycles. The van der Waals surface area contributed by atoms with Gasteiger partial charge < -0.3 is 5.32 Å². The number of rotatable bonds is 7. The van der Waals surface area contributed by atoms with Crippen LogP contribution in [-0.4, -0.2) is 13.6 Å². The van der Waals surface area contributed by atoms with Crippen molar-refractivity contribution in [1.82, 2.24) is 5.32 Å². The summed E-state index contributed by atoms with van der Waals surface area (Å²) in [5.41, 5.74) is 0. The lowest BCUT2D eigenvalue weighted by Crippen LogP contribution is -2.21. The Morgan fingerprint density at radius 2 is 1.94 bits per heavy atom. The molecule has 0 aliphatic rings. The van der Waals surface area contributed by atoms with E-state index in [-0.39, 0.29) is 0 Å². The zero-order valence-corrected chi connectivity index (χ0v) is 11.9. The molecular formula is C14H25NS. The summed E-state index contributed by atoms with van der Waals surface area (Å²) >= 11 is 1.99. The van der Waals surface area contributed by atoms with E-state index in [2.05, 4.69) is 45.3 Å². The summed E-state index contributed by atoms with van der Waals surface area (Å²) in [5, 5.41) is 3.32. The van der Waals surface area contributed by atoms with Crippen LogP contribution < -0.4 is 5.32 Å². The van der Waals surface area contributed by atoms with E-state index in [4.69, 9.17) is 0 Å². The third kappa shape index (κ3) is 4.67. The first-order chi connectivity index (χ1) is 7.65. The zero-order chi connectivity index (χ0) is 12.0. The molecule has 1 N–H and O–H groups in total. The van der Waals surface area contributed by atoms with Crippen LogP contribution in [0.25, 0.3) is 0 Å². The van der Waals surface area contributed by atoms with Gasteiger partial charge in [0.2, 0.25) is 0 Å². The fraction of sp³-hybridized carbons (Fsp3) is 0.714. The largest absolute Gasteiger partial charge is 0.319 e. The summed E-state index contributed by atoms with van der Waals surface area (Å²) in [7, 11) is 2.05. The van der Waals surface area contributed by atoms with Gasteiger partial charge in [-0.25, -0.2) is 0 Å². The number of hydrogen-bond acceptors (Lipinski definition) is 2. The Bertz CT molecular complexity index is 291. The first-order valence-corrected chi connectivity index (χ1v) is 7.19. The topological polar surface area (TPSA) is 12.0 Å². The highest BCUT2D eigenvalue weighted by Gasteiger charge is 2.12. The molecule has 0 radical (unpaired) electrons. The van der Waals surface area contributed by atoms with Gasteiger partial charge in [-0.2, -0.15) is 0 Å². The second kappa shape index (κ2) is 7.08. The van der Waals surface area contributed by atoms with Gasteiger partial charge in [0.25, 0.3) is 0 Å². The molecule has 0 aromatic carbocycles. The summed E-state index contributed by atoms with van der Waals surface area (Å²) in [6.07, 6.45) is 3.73. The van der Waals surface area contributed by atoms with Crippen LogP contribution >= 0.6 is 11.3 Å². The maximum atomic E-state index is 3.32. The minimum atomic E-state index is 0.786. The van der Waals surface area contributed by atoms with E-state index in [0.29, 0.717) is 0 Å². The second-order valence-corrected chi connectivity index (χ2v) is 6.23. The Kier molecular flexibility index (Phi) is 6.07. The van der Waals surface area contributed by atoms with Crippen molar-refractivity contribution in [3.05, 3.63) is 21.9 Å². The molecule has 1 heterocycles. The molecule has 0 fully saturated rings. The van der Waals surface area contributed by atoms with Crippen LogP contribution in [0.5, 0.6) is 0 Å². The van der Waals surface area contributed by atoms with Crippen molar-refractivity contribution >= 4 is 11.3 Å². The highest BCUT2D eigenvalue weighted by molar-refractivity contribution is 7.11. The van der Waals surface area contributed by atoms with Crippen LogP contribution in [0, 0.1) is 11.8 Å². The molecule has 16 heavy (non-hydrogen) atoms. The summed E-state index contributed by atoms with van der Waals surface area (Å²) < 4.78 is 0. The van der Waals surface area contributed by atoms with Crippen LogP contribution in [-0.2, 0) is 12.8 Å². The molecule has 0 aliphatic carbocycles. The molecule has 1 aromatic rings. The standard InChI is InChI=1S/C14H25NS/c1-5-13-6-7-14(16-13)9-12(10-15-4)8-11(2)3/h6-7,11-12,15H,5,8-10H2,1-4H3. The molecular weight excluding hydrogens is 214 g/mol. The van der Waals surface area contributed by atoms with Crippen molar-refractivity contribution in [2.45, 2.75) is 40.0 Å². The SMILES string of the molecule is CCc1ccc(CC(CNC)CC(C)C)s1. The highest BCUT2D eigenvalue weighted by atomic mass is 32.1. The molecule has 0 spiro atoms. The van der Waals surface area contributed by atoms with Gasteiger partial charge in [0.1, 0.15) is 0 Å². The third-order valence-electron chi connectivity index (χ3n) is 2.85. The maximum Gasteiger partial charge on any atom is 0.00514 e. The Hall–Kier alpha value is -0.340. The molecule has 2 heteroatoms.